The Bertz CT molecular complexity index is 665. The zero-order chi connectivity index (χ0) is 14.7. The van der Waals surface area contributed by atoms with Gasteiger partial charge in [0.2, 0.25) is 5.89 Å². The summed E-state index contributed by atoms with van der Waals surface area (Å²) in [5, 5.41) is 13.9. The van der Waals surface area contributed by atoms with Crippen LogP contribution in [0.4, 0.5) is 10.4 Å². The number of nitrogens with zero attached hydrogens (tertiary/aromatic N) is 2. The first-order valence-electron chi connectivity index (χ1n) is 7.05. The minimum Gasteiger partial charge on any atom is -0.403 e. The molecule has 6 heteroatoms. The lowest BCUT2D eigenvalue weighted by Crippen LogP contribution is -2.20. The van der Waals surface area contributed by atoms with Gasteiger partial charge in [-0.25, -0.2) is 4.39 Å². The number of nitrogens with one attached hydrogen (secondary N) is 2. The smallest absolute Gasteiger partial charge is 0.315 e. The van der Waals surface area contributed by atoms with Gasteiger partial charge in [0.1, 0.15) is 5.82 Å². The fraction of sp³-hybridized carbons (Fsp3) is 0.333. The summed E-state index contributed by atoms with van der Waals surface area (Å²) in [5.41, 5.74) is 2.27. The Labute approximate surface area is 122 Å². The third kappa shape index (κ3) is 2.95. The van der Waals surface area contributed by atoms with Gasteiger partial charge in [0.05, 0.1) is 0 Å². The second-order valence-electron chi connectivity index (χ2n) is 4.82. The molecule has 0 aliphatic carbocycles. The Morgan fingerprint density at radius 1 is 1.38 bits per heavy atom. The van der Waals surface area contributed by atoms with E-state index in [0.717, 1.165) is 25.1 Å². The Kier molecular flexibility index (Phi) is 3.96. The van der Waals surface area contributed by atoms with Gasteiger partial charge in [0.25, 0.3) is 0 Å². The highest BCUT2D eigenvalue weighted by atomic mass is 19.1. The van der Waals surface area contributed by atoms with Crippen LogP contribution in [-0.2, 0) is 0 Å². The summed E-state index contributed by atoms with van der Waals surface area (Å²) in [4.78, 5) is 0. The molecule has 0 amide bonds. The second-order valence-corrected chi connectivity index (χ2v) is 4.82. The molecule has 0 unspecified atom stereocenters. The largest absolute Gasteiger partial charge is 0.403 e. The molecule has 2 N–H and O–H groups in total. The van der Waals surface area contributed by atoms with E-state index < -0.39 is 0 Å². The zero-order valence-electron chi connectivity index (χ0n) is 11.8. The fourth-order valence-electron chi connectivity index (χ4n) is 2.34. The molecule has 1 aromatic heterocycles. The third-order valence-corrected chi connectivity index (χ3v) is 3.38. The van der Waals surface area contributed by atoms with E-state index in [1.165, 1.54) is 6.07 Å². The van der Waals surface area contributed by atoms with E-state index in [9.17, 15) is 4.39 Å². The van der Waals surface area contributed by atoms with Crippen molar-refractivity contribution < 1.29 is 8.81 Å². The van der Waals surface area contributed by atoms with Gasteiger partial charge in [-0.3, -0.25) is 0 Å². The summed E-state index contributed by atoms with van der Waals surface area (Å²) in [7, 11) is 0. The highest BCUT2D eigenvalue weighted by Crippen LogP contribution is 2.27. The van der Waals surface area contributed by atoms with Crippen molar-refractivity contribution in [3.63, 3.8) is 0 Å². The molecule has 1 aliphatic heterocycles. The molecule has 0 fully saturated rings. The van der Waals surface area contributed by atoms with Gasteiger partial charge in [-0.1, -0.05) is 17.2 Å². The maximum absolute atomic E-state index is 14.3. The fourth-order valence-corrected chi connectivity index (χ4v) is 2.34. The monoisotopic (exact) mass is 288 g/mol. The number of halogens is 1. The molecule has 1 aliphatic rings. The van der Waals surface area contributed by atoms with Crippen LogP contribution in [0, 0.1) is 5.82 Å². The second kappa shape index (κ2) is 6.05. The molecule has 5 nitrogen and oxygen atoms in total. The normalized spacial score (nSPS) is 14.9. The van der Waals surface area contributed by atoms with Gasteiger partial charge in [-0.05, 0) is 37.6 Å². The van der Waals surface area contributed by atoms with Crippen LogP contribution >= 0.6 is 0 Å². The average Bonchev–Trinajstić information content (AvgIpc) is 2.97. The van der Waals surface area contributed by atoms with Crippen molar-refractivity contribution in [2.24, 2.45) is 0 Å². The molecule has 3 rings (SSSR count). The van der Waals surface area contributed by atoms with Crippen molar-refractivity contribution in [3.05, 3.63) is 35.7 Å². The van der Waals surface area contributed by atoms with Crippen LogP contribution in [0.2, 0.25) is 0 Å². The van der Waals surface area contributed by atoms with E-state index in [1.54, 1.807) is 6.07 Å². The van der Waals surface area contributed by atoms with Crippen molar-refractivity contribution in [1.29, 1.82) is 0 Å². The maximum atomic E-state index is 14.3. The highest BCUT2D eigenvalue weighted by Gasteiger charge is 2.14. The number of hydrogen-bond acceptors (Lipinski definition) is 5. The van der Waals surface area contributed by atoms with Crippen molar-refractivity contribution in [1.82, 2.24) is 15.5 Å². The van der Waals surface area contributed by atoms with Crippen LogP contribution in [0.15, 0.2) is 28.7 Å². The van der Waals surface area contributed by atoms with Crippen LogP contribution in [0.5, 0.6) is 0 Å². The lowest BCUT2D eigenvalue weighted by molar-refractivity contribution is 0.579. The number of hydrogen-bond donors (Lipinski definition) is 2. The highest BCUT2D eigenvalue weighted by molar-refractivity contribution is 5.69. The van der Waals surface area contributed by atoms with E-state index in [4.69, 9.17) is 4.42 Å². The Balaban J connectivity index is 1.87. The summed E-state index contributed by atoms with van der Waals surface area (Å²) in [6.45, 7) is 4.29. The number of aromatic nitrogens is 2. The molecule has 0 radical (unpaired) electrons. The number of benzene rings is 1. The first kappa shape index (κ1) is 13.8. The Morgan fingerprint density at radius 3 is 3.00 bits per heavy atom. The molecule has 0 spiro atoms. The minimum atomic E-state index is -0.260. The lowest BCUT2D eigenvalue weighted by Gasteiger charge is -2.15. The molecule has 21 heavy (non-hydrogen) atoms. The van der Waals surface area contributed by atoms with Gasteiger partial charge < -0.3 is 15.1 Å². The molecular formula is C15H17FN4O. The molecule has 2 heterocycles. The summed E-state index contributed by atoms with van der Waals surface area (Å²) >= 11 is 0. The van der Waals surface area contributed by atoms with Crippen molar-refractivity contribution >= 4 is 11.6 Å². The van der Waals surface area contributed by atoms with E-state index in [2.05, 4.69) is 20.8 Å². The van der Waals surface area contributed by atoms with E-state index in [0.29, 0.717) is 29.6 Å². The Morgan fingerprint density at radius 2 is 2.29 bits per heavy atom. The first-order chi connectivity index (χ1) is 10.3. The summed E-state index contributed by atoms with van der Waals surface area (Å²) in [5.74, 6) is 0.0551. The molecule has 0 atom stereocenters. The van der Waals surface area contributed by atoms with Gasteiger partial charge in [0.15, 0.2) is 0 Å². The van der Waals surface area contributed by atoms with Gasteiger partial charge in [-0.15, -0.1) is 5.10 Å². The number of anilines is 1. The standard InChI is InChI=1S/C15H17FN4O/c1-2-18-15-20-19-14(21-15)11-3-4-12(13(16)9-11)10-5-7-17-8-6-10/h3-5,9,17H,2,6-8H2,1H3,(H,18,20). The topological polar surface area (TPSA) is 63.0 Å². The van der Waals surface area contributed by atoms with Crippen LogP contribution < -0.4 is 10.6 Å². The SMILES string of the molecule is CCNc1nnc(-c2ccc(C3=CCNCC3)c(F)c2)o1. The summed E-state index contributed by atoms with van der Waals surface area (Å²) in [6, 6.07) is 5.38. The van der Waals surface area contributed by atoms with Gasteiger partial charge in [-0.2, -0.15) is 0 Å². The van der Waals surface area contributed by atoms with Crippen LogP contribution in [0.25, 0.3) is 17.0 Å². The van der Waals surface area contributed by atoms with Gasteiger partial charge in [0, 0.05) is 24.2 Å². The summed E-state index contributed by atoms with van der Waals surface area (Å²) in [6.07, 6.45) is 2.86. The van der Waals surface area contributed by atoms with Crippen molar-refractivity contribution in [3.8, 4) is 11.5 Å². The maximum Gasteiger partial charge on any atom is 0.315 e. The molecule has 1 aromatic carbocycles. The molecule has 110 valence electrons. The minimum absolute atomic E-state index is 0.260. The average molecular weight is 288 g/mol. The zero-order valence-corrected chi connectivity index (χ0v) is 11.8. The first-order valence-corrected chi connectivity index (χ1v) is 7.05. The number of rotatable bonds is 4. The third-order valence-electron chi connectivity index (χ3n) is 3.38. The predicted octanol–water partition coefficient (Wildman–Crippen LogP) is 2.68. The van der Waals surface area contributed by atoms with Crippen LogP contribution in [0.3, 0.4) is 0 Å². The van der Waals surface area contributed by atoms with Crippen molar-refractivity contribution in [2.45, 2.75) is 13.3 Å². The van der Waals surface area contributed by atoms with E-state index >= 15 is 0 Å². The van der Waals surface area contributed by atoms with Crippen molar-refractivity contribution in [2.75, 3.05) is 25.0 Å². The van der Waals surface area contributed by atoms with Crippen LogP contribution in [0.1, 0.15) is 18.9 Å². The van der Waals surface area contributed by atoms with Crippen LogP contribution in [-0.4, -0.2) is 29.8 Å². The van der Waals surface area contributed by atoms with Gasteiger partial charge >= 0.3 is 6.01 Å². The molecule has 0 bridgehead atoms. The predicted molar refractivity (Wildman–Crippen MR) is 79.3 cm³/mol. The Hall–Kier alpha value is -2.21. The summed E-state index contributed by atoms with van der Waals surface area (Å²) < 4.78 is 19.7. The van der Waals surface area contributed by atoms with E-state index in [1.807, 2.05) is 19.1 Å². The van der Waals surface area contributed by atoms with E-state index in [-0.39, 0.29) is 5.82 Å². The molecule has 2 aromatic rings. The molecule has 0 saturated heterocycles. The molecular weight excluding hydrogens is 271 g/mol. The molecule has 0 saturated carbocycles. The quantitative estimate of drug-likeness (QED) is 0.905. The lowest BCUT2D eigenvalue weighted by atomic mass is 9.98.